The first kappa shape index (κ1) is 17.7. The Labute approximate surface area is 145 Å². The highest BCUT2D eigenvalue weighted by Gasteiger charge is 2.29. The van der Waals surface area contributed by atoms with Crippen molar-refractivity contribution in [3.63, 3.8) is 0 Å². The molecule has 1 aromatic heterocycles. The Hall–Kier alpha value is -3.16. The number of halogens is 3. The Morgan fingerprint density at radius 3 is 2.23 bits per heavy atom. The second kappa shape index (κ2) is 6.62. The van der Waals surface area contributed by atoms with Gasteiger partial charge < -0.3 is 5.11 Å². The van der Waals surface area contributed by atoms with E-state index < -0.39 is 23.3 Å². The van der Waals surface area contributed by atoms with Gasteiger partial charge in [-0.15, -0.1) is 0 Å². The molecule has 1 heterocycles. The zero-order chi connectivity index (χ0) is 18.9. The second-order valence-corrected chi connectivity index (χ2v) is 5.72. The maximum Gasteiger partial charge on any atom is 0.416 e. The van der Waals surface area contributed by atoms with Gasteiger partial charge in [-0.1, -0.05) is 30.3 Å². The van der Waals surface area contributed by atoms with Gasteiger partial charge in [0.1, 0.15) is 0 Å². The number of carboxylic acid groups (broad SMARTS) is 1. The van der Waals surface area contributed by atoms with Gasteiger partial charge in [0.05, 0.1) is 29.6 Å². The van der Waals surface area contributed by atoms with Crippen molar-refractivity contribution in [1.29, 1.82) is 0 Å². The van der Waals surface area contributed by atoms with Crippen LogP contribution in [-0.4, -0.2) is 20.9 Å². The lowest BCUT2D eigenvalue weighted by Crippen LogP contribution is -2.26. The third-order valence-corrected chi connectivity index (χ3v) is 3.88. The zero-order valence-electron chi connectivity index (χ0n) is 13.3. The molecule has 0 saturated heterocycles. The lowest BCUT2D eigenvalue weighted by atomic mass is 10.1. The van der Waals surface area contributed by atoms with Crippen LogP contribution in [0.4, 0.5) is 13.2 Å². The van der Waals surface area contributed by atoms with E-state index >= 15 is 0 Å². The number of fused-ring (bicyclic) bond motifs is 1. The Bertz CT molecular complexity index is 1020. The first-order chi connectivity index (χ1) is 12.3. The molecular weight excluding hydrogens is 349 g/mol. The number of carbonyl (C=O) groups is 1. The number of benzene rings is 2. The van der Waals surface area contributed by atoms with E-state index in [9.17, 15) is 22.8 Å². The standard InChI is InChI=1S/C18H13F3N2O3/c19-18(20,21)12-7-5-11(6-8-12)10-23-17(26)14-4-2-1-3-13(14)15(22-23)9-16(24)25/h1-8H,9-10H2,(H,24,25). The van der Waals surface area contributed by atoms with Crippen LogP contribution in [0.1, 0.15) is 16.8 Å². The van der Waals surface area contributed by atoms with E-state index in [2.05, 4.69) is 5.10 Å². The molecule has 3 aromatic rings. The molecule has 0 spiro atoms. The predicted molar refractivity (Wildman–Crippen MR) is 87.9 cm³/mol. The van der Waals surface area contributed by atoms with Crippen LogP contribution >= 0.6 is 0 Å². The lowest BCUT2D eigenvalue weighted by Gasteiger charge is -2.11. The van der Waals surface area contributed by atoms with Gasteiger partial charge in [0.15, 0.2) is 0 Å². The first-order valence-electron chi connectivity index (χ1n) is 7.62. The van der Waals surface area contributed by atoms with Gasteiger partial charge in [-0.3, -0.25) is 9.59 Å². The predicted octanol–water partition coefficient (Wildman–Crippen LogP) is 3.09. The van der Waals surface area contributed by atoms with Gasteiger partial charge in [-0.05, 0) is 23.8 Å². The SMILES string of the molecule is O=C(O)Cc1nn(Cc2ccc(C(F)(F)F)cc2)c(=O)c2ccccc12. The monoisotopic (exact) mass is 362 g/mol. The summed E-state index contributed by atoms with van der Waals surface area (Å²) in [4.78, 5) is 23.6. The van der Waals surface area contributed by atoms with Crippen molar-refractivity contribution in [2.24, 2.45) is 0 Å². The normalized spacial score (nSPS) is 11.7. The second-order valence-electron chi connectivity index (χ2n) is 5.72. The van der Waals surface area contributed by atoms with Crippen LogP contribution in [0.5, 0.6) is 0 Å². The van der Waals surface area contributed by atoms with Crippen molar-refractivity contribution < 1.29 is 23.1 Å². The summed E-state index contributed by atoms with van der Waals surface area (Å²) in [6.07, 6.45) is -4.81. The molecule has 0 aliphatic rings. The summed E-state index contributed by atoms with van der Waals surface area (Å²) < 4.78 is 39.0. The average molecular weight is 362 g/mol. The smallest absolute Gasteiger partial charge is 0.416 e. The van der Waals surface area contributed by atoms with Crippen LogP contribution in [0.2, 0.25) is 0 Å². The van der Waals surface area contributed by atoms with E-state index in [-0.39, 0.29) is 18.7 Å². The molecule has 2 aromatic carbocycles. The van der Waals surface area contributed by atoms with Crippen LogP contribution in [0.15, 0.2) is 53.3 Å². The number of hydrogen-bond acceptors (Lipinski definition) is 3. The van der Waals surface area contributed by atoms with Gasteiger partial charge in [-0.25, -0.2) is 4.68 Å². The molecule has 0 fully saturated rings. The largest absolute Gasteiger partial charge is 0.481 e. The van der Waals surface area contributed by atoms with Gasteiger partial charge in [-0.2, -0.15) is 18.3 Å². The van der Waals surface area contributed by atoms with Crippen molar-refractivity contribution in [3.8, 4) is 0 Å². The average Bonchev–Trinajstić information content (AvgIpc) is 2.58. The van der Waals surface area contributed by atoms with Crippen molar-refractivity contribution in [3.05, 3.63) is 75.7 Å². The summed E-state index contributed by atoms with van der Waals surface area (Å²) in [5.74, 6) is -1.10. The van der Waals surface area contributed by atoms with Crippen LogP contribution in [0.3, 0.4) is 0 Å². The molecule has 5 nitrogen and oxygen atoms in total. The molecule has 0 unspecified atom stereocenters. The maximum absolute atomic E-state index is 12.6. The highest BCUT2D eigenvalue weighted by Crippen LogP contribution is 2.29. The summed E-state index contributed by atoms with van der Waals surface area (Å²) in [7, 11) is 0. The Morgan fingerprint density at radius 2 is 1.65 bits per heavy atom. The molecule has 1 N–H and O–H groups in total. The molecule has 0 atom stereocenters. The fourth-order valence-electron chi connectivity index (χ4n) is 2.66. The Balaban J connectivity index is 2.03. The molecule has 3 rings (SSSR count). The molecule has 0 radical (unpaired) electrons. The summed E-state index contributed by atoms with van der Waals surface area (Å²) >= 11 is 0. The highest BCUT2D eigenvalue weighted by atomic mass is 19.4. The highest BCUT2D eigenvalue weighted by molar-refractivity contribution is 5.86. The van der Waals surface area contributed by atoms with Crippen molar-refractivity contribution >= 4 is 16.7 Å². The maximum atomic E-state index is 12.6. The van der Waals surface area contributed by atoms with E-state index in [0.717, 1.165) is 16.8 Å². The lowest BCUT2D eigenvalue weighted by molar-refractivity contribution is -0.138. The third-order valence-electron chi connectivity index (χ3n) is 3.88. The quantitative estimate of drug-likeness (QED) is 0.774. The molecule has 0 amide bonds. The fourth-order valence-corrected chi connectivity index (χ4v) is 2.66. The minimum Gasteiger partial charge on any atom is -0.481 e. The Kier molecular flexibility index (Phi) is 4.50. The van der Waals surface area contributed by atoms with Crippen LogP contribution in [0.25, 0.3) is 10.8 Å². The van der Waals surface area contributed by atoms with Crippen LogP contribution in [-0.2, 0) is 23.9 Å². The minimum atomic E-state index is -4.44. The van der Waals surface area contributed by atoms with Crippen LogP contribution < -0.4 is 5.56 Å². The van der Waals surface area contributed by atoms with Crippen molar-refractivity contribution in [1.82, 2.24) is 9.78 Å². The number of alkyl halides is 3. The molecule has 0 bridgehead atoms. The summed E-state index contributed by atoms with van der Waals surface area (Å²) in [6.45, 7) is -0.0611. The van der Waals surface area contributed by atoms with E-state index in [1.807, 2.05) is 0 Å². The van der Waals surface area contributed by atoms with Gasteiger partial charge in [0.25, 0.3) is 5.56 Å². The van der Waals surface area contributed by atoms with E-state index in [1.165, 1.54) is 12.1 Å². The minimum absolute atomic E-state index is 0.0611. The van der Waals surface area contributed by atoms with Crippen LogP contribution in [0, 0.1) is 0 Å². The third kappa shape index (κ3) is 3.58. The number of aliphatic carboxylic acids is 1. The summed E-state index contributed by atoms with van der Waals surface area (Å²) in [6, 6.07) is 10.9. The molecule has 0 saturated carbocycles. The van der Waals surface area contributed by atoms with E-state index in [0.29, 0.717) is 16.3 Å². The molecule has 0 aliphatic heterocycles. The van der Waals surface area contributed by atoms with Gasteiger partial charge in [0.2, 0.25) is 0 Å². The number of carboxylic acids is 1. The molecular formula is C18H13F3N2O3. The topological polar surface area (TPSA) is 72.2 Å². The summed E-state index contributed by atoms with van der Waals surface area (Å²) in [5, 5.41) is 13.9. The number of nitrogens with zero attached hydrogens (tertiary/aromatic N) is 2. The van der Waals surface area contributed by atoms with E-state index in [4.69, 9.17) is 5.11 Å². The molecule has 0 aliphatic carbocycles. The summed E-state index contributed by atoms with van der Waals surface area (Å²) in [5.41, 5.74) is -0.551. The zero-order valence-corrected chi connectivity index (χ0v) is 13.3. The molecule has 8 heteroatoms. The number of rotatable bonds is 4. The molecule has 134 valence electrons. The van der Waals surface area contributed by atoms with Crippen molar-refractivity contribution in [2.75, 3.05) is 0 Å². The number of hydrogen-bond donors (Lipinski definition) is 1. The van der Waals surface area contributed by atoms with Crippen molar-refractivity contribution in [2.45, 2.75) is 19.1 Å². The van der Waals surface area contributed by atoms with Gasteiger partial charge in [0, 0.05) is 5.39 Å². The van der Waals surface area contributed by atoms with E-state index in [1.54, 1.807) is 24.3 Å². The first-order valence-corrected chi connectivity index (χ1v) is 7.62. The molecule has 26 heavy (non-hydrogen) atoms. The Morgan fingerprint density at radius 1 is 1.04 bits per heavy atom. The number of aromatic nitrogens is 2. The fraction of sp³-hybridized carbons (Fsp3) is 0.167. The van der Waals surface area contributed by atoms with Gasteiger partial charge >= 0.3 is 12.1 Å².